The maximum Gasteiger partial charge on any atom is 0.342 e. The van der Waals surface area contributed by atoms with Gasteiger partial charge < -0.3 is 9.90 Å². The summed E-state index contributed by atoms with van der Waals surface area (Å²) < 4.78 is 1.98. The van der Waals surface area contributed by atoms with Crippen molar-refractivity contribution in [2.24, 2.45) is 5.10 Å². The highest BCUT2D eigenvalue weighted by atomic mass is 32.2. The number of carboxylic acid groups (broad SMARTS) is 1. The summed E-state index contributed by atoms with van der Waals surface area (Å²) >= 11 is 1.28. The molecule has 4 rings (SSSR count). The quantitative estimate of drug-likeness (QED) is 0.177. The van der Waals surface area contributed by atoms with Crippen LogP contribution >= 0.6 is 11.8 Å². The van der Waals surface area contributed by atoms with Crippen LogP contribution in [-0.4, -0.2) is 34.0 Å². The van der Waals surface area contributed by atoms with E-state index in [-0.39, 0.29) is 17.2 Å². The molecular weight excluding hydrogens is 450 g/mol. The van der Waals surface area contributed by atoms with Crippen LogP contribution in [0.5, 0.6) is 0 Å². The number of carboxylic acids is 1. The molecule has 0 fully saturated rings. The number of aromatic carboxylic acids is 1. The maximum absolute atomic E-state index is 12.3. The number of aromatic amines is 1. The highest BCUT2D eigenvalue weighted by Gasteiger charge is 2.24. The van der Waals surface area contributed by atoms with Gasteiger partial charge in [-0.15, -0.1) is 5.10 Å². The van der Waals surface area contributed by atoms with E-state index in [2.05, 4.69) is 20.7 Å². The number of nitrogens with one attached hydrogen (secondary N) is 2. The number of carbonyl (C=O) groups is 2. The molecule has 0 saturated carbocycles. The van der Waals surface area contributed by atoms with Gasteiger partial charge in [-0.05, 0) is 54.1 Å². The topological polar surface area (TPSA) is 114 Å². The molecule has 170 valence electrons. The van der Waals surface area contributed by atoms with Gasteiger partial charge >= 0.3 is 5.16 Å². The Kier molecular flexibility index (Phi) is 7.14. The van der Waals surface area contributed by atoms with Crippen LogP contribution in [-0.2, 0) is 4.79 Å². The summed E-state index contributed by atoms with van der Waals surface area (Å²) in [4.78, 5) is 23.1. The number of thioether (sulfide) groups is 1. The number of amides is 1. The fourth-order valence-electron chi connectivity index (χ4n) is 3.16. The zero-order valence-electron chi connectivity index (χ0n) is 18.3. The lowest BCUT2D eigenvalue weighted by molar-refractivity contribution is -0.625. The van der Waals surface area contributed by atoms with Crippen molar-refractivity contribution in [2.45, 2.75) is 12.1 Å². The van der Waals surface area contributed by atoms with Crippen LogP contribution < -0.4 is 15.1 Å². The fraction of sp³-hybridized carbons (Fsp3) is 0.0800. The van der Waals surface area contributed by atoms with Crippen LogP contribution in [0.25, 0.3) is 17.1 Å². The summed E-state index contributed by atoms with van der Waals surface area (Å²) in [6, 6.07) is 23.9. The van der Waals surface area contributed by atoms with Gasteiger partial charge in [-0.3, -0.25) is 4.79 Å². The van der Waals surface area contributed by atoms with E-state index in [9.17, 15) is 14.7 Å². The molecule has 4 aromatic rings. The molecule has 3 aromatic carbocycles. The Morgan fingerprint density at radius 3 is 2.44 bits per heavy atom. The number of benzene rings is 3. The molecule has 0 aliphatic rings. The molecule has 0 spiro atoms. The van der Waals surface area contributed by atoms with Crippen LogP contribution in [0, 0.1) is 6.92 Å². The van der Waals surface area contributed by atoms with E-state index < -0.39 is 5.97 Å². The Morgan fingerprint density at radius 1 is 1.06 bits per heavy atom. The minimum atomic E-state index is -1.24. The van der Waals surface area contributed by atoms with Crippen LogP contribution in [0.2, 0.25) is 0 Å². The number of aryl methyl sites for hydroxylation is 1. The third-order valence-corrected chi connectivity index (χ3v) is 5.83. The predicted molar refractivity (Wildman–Crippen MR) is 128 cm³/mol. The maximum atomic E-state index is 12.3. The van der Waals surface area contributed by atoms with Gasteiger partial charge in [-0.1, -0.05) is 60.2 Å². The molecule has 0 aliphatic carbocycles. The highest BCUT2D eigenvalue weighted by Crippen LogP contribution is 2.20. The summed E-state index contributed by atoms with van der Waals surface area (Å²) in [6.45, 7) is 2.03. The lowest BCUT2D eigenvalue weighted by Crippen LogP contribution is -2.34. The molecule has 2 N–H and O–H groups in total. The standard InChI is InChI=1S/C25H21N5O3S/c1-17-7-13-21(14-8-17)30-23(19-5-3-2-4-6-19)28-29-25(30)34-16-22(31)27-26-15-18-9-11-20(12-10-18)24(32)33/h2-15H,16H2,1H3,(H2,27,31,32,33). The molecule has 1 aromatic heterocycles. The fourth-order valence-corrected chi connectivity index (χ4v) is 3.92. The van der Waals surface area contributed by atoms with Crippen molar-refractivity contribution in [2.75, 3.05) is 5.75 Å². The zero-order valence-corrected chi connectivity index (χ0v) is 19.1. The third kappa shape index (κ3) is 5.57. The molecule has 1 amide bonds. The Balaban J connectivity index is 1.46. The van der Waals surface area contributed by atoms with E-state index in [1.54, 1.807) is 12.1 Å². The number of hydrogen-bond acceptors (Lipinski definition) is 6. The molecule has 0 bridgehead atoms. The average molecular weight is 472 g/mol. The smallest absolute Gasteiger partial charge is 0.342 e. The summed E-state index contributed by atoms with van der Waals surface area (Å²) in [7, 11) is 0. The second-order valence-corrected chi connectivity index (χ2v) is 8.33. The zero-order chi connectivity index (χ0) is 23.9. The number of nitrogens with zero attached hydrogens (tertiary/aromatic N) is 3. The van der Waals surface area contributed by atoms with E-state index in [4.69, 9.17) is 0 Å². The number of carbonyl (C=O) groups excluding carboxylic acids is 2. The average Bonchev–Trinajstić information content (AvgIpc) is 3.28. The SMILES string of the molecule is Cc1ccc(-[n+]2c(SCC(=O)NN=Cc3ccc(C(=O)[O-])cc3)n[nH]c2-c2ccccc2)cc1. The molecule has 0 saturated heterocycles. The normalized spacial score (nSPS) is 11.0. The van der Waals surface area contributed by atoms with Crippen LogP contribution in [0.3, 0.4) is 0 Å². The van der Waals surface area contributed by atoms with E-state index in [0.717, 1.165) is 22.6 Å². The van der Waals surface area contributed by atoms with Crippen molar-refractivity contribution in [3.05, 3.63) is 95.6 Å². The van der Waals surface area contributed by atoms with Gasteiger partial charge in [0.2, 0.25) is 0 Å². The number of aromatic nitrogens is 3. The molecule has 0 radical (unpaired) electrons. The van der Waals surface area contributed by atoms with E-state index >= 15 is 0 Å². The Hall–Kier alpha value is -4.24. The van der Waals surface area contributed by atoms with Crippen molar-refractivity contribution in [3.8, 4) is 17.1 Å². The first-order chi connectivity index (χ1) is 16.5. The molecular formula is C25H21N5O3S. The lowest BCUT2D eigenvalue weighted by atomic mass is 10.1. The molecule has 1 heterocycles. The number of H-pyrrole nitrogens is 1. The van der Waals surface area contributed by atoms with Crippen molar-refractivity contribution in [1.29, 1.82) is 0 Å². The minimum Gasteiger partial charge on any atom is -0.545 e. The van der Waals surface area contributed by atoms with Gasteiger partial charge in [-0.2, -0.15) is 9.67 Å². The van der Waals surface area contributed by atoms with Crippen molar-refractivity contribution >= 4 is 29.9 Å². The number of hydrazone groups is 1. The summed E-state index contributed by atoms with van der Waals surface area (Å²) in [5, 5.41) is 22.9. The Bertz CT molecular complexity index is 1320. The first-order valence-corrected chi connectivity index (χ1v) is 11.4. The Labute approximate surface area is 200 Å². The number of rotatable bonds is 8. The lowest BCUT2D eigenvalue weighted by Gasteiger charge is -2.05. The van der Waals surface area contributed by atoms with E-state index in [0.29, 0.717) is 10.7 Å². The summed E-state index contributed by atoms with van der Waals surface area (Å²) in [6.07, 6.45) is 1.44. The monoisotopic (exact) mass is 471 g/mol. The second-order valence-electron chi connectivity index (χ2n) is 7.38. The summed E-state index contributed by atoms with van der Waals surface area (Å²) in [5.41, 5.74) is 6.25. The van der Waals surface area contributed by atoms with Gasteiger partial charge in [-0.25, -0.2) is 5.43 Å². The van der Waals surface area contributed by atoms with E-state index in [1.165, 1.54) is 30.1 Å². The Morgan fingerprint density at radius 2 is 1.76 bits per heavy atom. The van der Waals surface area contributed by atoms with Crippen molar-refractivity contribution < 1.29 is 19.3 Å². The molecule has 0 aliphatic heterocycles. The molecule has 0 unspecified atom stereocenters. The highest BCUT2D eigenvalue weighted by molar-refractivity contribution is 7.99. The molecule has 0 atom stereocenters. The largest absolute Gasteiger partial charge is 0.545 e. The van der Waals surface area contributed by atoms with Crippen LogP contribution in [0.15, 0.2) is 89.1 Å². The number of hydrogen-bond donors (Lipinski definition) is 2. The van der Waals surface area contributed by atoms with Gasteiger partial charge in [0.15, 0.2) is 0 Å². The van der Waals surface area contributed by atoms with Gasteiger partial charge in [0.25, 0.3) is 11.7 Å². The first-order valence-electron chi connectivity index (χ1n) is 10.4. The van der Waals surface area contributed by atoms with Gasteiger partial charge in [0.05, 0.1) is 28.6 Å². The van der Waals surface area contributed by atoms with Crippen molar-refractivity contribution in [3.63, 3.8) is 0 Å². The van der Waals surface area contributed by atoms with Gasteiger partial charge in [0, 0.05) is 0 Å². The summed E-state index contributed by atoms with van der Waals surface area (Å²) in [5.74, 6) is -0.630. The minimum absolute atomic E-state index is 0.0772. The molecule has 34 heavy (non-hydrogen) atoms. The second kappa shape index (κ2) is 10.6. The van der Waals surface area contributed by atoms with Gasteiger partial charge in [0.1, 0.15) is 5.69 Å². The molecule has 9 heteroatoms. The van der Waals surface area contributed by atoms with Crippen molar-refractivity contribution in [1.82, 2.24) is 15.6 Å². The van der Waals surface area contributed by atoms with Crippen LogP contribution in [0.1, 0.15) is 21.5 Å². The first kappa shape index (κ1) is 22.9. The van der Waals surface area contributed by atoms with Crippen LogP contribution in [0.4, 0.5) is 0 Å². The van der Waals surface area contributed by atoms with E-state index in [1.807, 2.05) is 66.1 Å². The molecule has 8 nitrogen and oxygen atoms in total. The predicted octanol–water partition coefficient (Wildman–Crippen LogP) is 2.27. The third-order valence-electron chi connectivity index (χ3n) is 4.89.